The molecule has 2 aliphatic rings. The fourth-order valence-electron chi connectivity index (χ4n) is 2.98. The van der Waals surface area contributed by atoms with Crippen LogP contribution in [-0.4, -0.2) is 29.8 Å². The van der Waals surface area contributed by atoms with Crippen LogP contribution in [0.3, 0.4) is 0 Å². The summed E-state index contributed by atoms with van der Waals surface area (Å²) in [6.45, 7) is 2.23. The fourth-order valence-corrected chi connectivity index (χ4v) is 2.98. The third-order valence-corrected chi connectivity index (χ3v) is 4.91. The second-order valence-corrected chi connectivity index (χ2v) is 7.05. The first-order chi connectivity index (χ1) is 11.9. The van der Waals surface area contributed by atoms with Crippen molar-refractivity contribution in [3.63, 3.8) is 0 Å². The van der Waals surface area contributed by atoms with Gasteiger partial charge in [-0.3, -0.25) is 14.4 Å². The summed E-state index contributed by atoms with van der Waals surface area (Å²) >= 11 is 0. The lowest BCUT2D eigenvalue weighted by atomic mass is 9.91. The molecule has 1 atom stereocenters. The second kappa shape index (κ2) is 6.74. The molecule has 0 radical (unpaired) electrons. The summed E-state index contributed by atoms with van der Waals surface area (Å²) in [7, 11) is 0. The SMILES string of the molecule is CC(CNC(=O)c1ccc(C(N)=O)o1)(NC(=O)C=C1CCC1)C1CC1. The minimum absolute atomic E-state index is 0.0230. The lowest BCUT2D eigenvalue weighted by Gasteiger charge is -2.31. The third-order valence-electron chi connectivity index (χ3n) is 4.91. The van der Waals surface area contributed by atoms with Crippen LogP contribution in [-0.2, 0) is 4.79 Å². The molecule has 1 aromatic rings. The van der Waals surface area contributed by atoms with Gasteiger partial charge in [-0.15, -0.1) is 0 Å². The Labute approximate surface area is 146 Å². The normalized spacial score (nSPS) is 18.7. The molecule has 134 valence electrons. The molecule has 3 amide bonds. The van der Waals surface area contributed by atoms with Crippen LogP contribution in [0.25, 0.3) is 0 Å². The average molecular weight is 345 g/mol. The smallest absolute Gasteiger partial charge is 0.287 e. The summed E-state index contributed by atoms with van der Waals surface area (Å²) in [6.07, 6.45) is 6.85. The predicted molar refractivity (Wildman–Crippen MR) is 90.8 cm³/mol. The van der Waals surface area contributed by atoms with Crippen molar-refractivity contribution in [1.29, 1.82) is 0 Å². The number of allylic oxidation sites excluding steroid dienone is 1. The lowest BCUT2D eigenvalue weighted by Crippen LogP contribution is -2.55. The van der Waals surface area contributed by atoms with Crippen molar-refractivity contribution < 1.29 is 18.8 Å². The maximum absolute atomic E-state index is 12.2. The first-order valence-corrected chi connectivity index (χ1v) is 8.57. The van der Waals surface area contributed by atoms with Crippen molar-refractivity contribution in [3.05, 3.63) is 35.3 Å². The topological polar surface area (TPSA) is 114 Å². The number of nitrogens with one attached hydrogen (secondary N) is 2. The summed E-state index contributed by atoms with van der Waals surface area (Å²) in [5.41, 5.74) is 5.78. The van der Waals surface area contributed by atoms with E-state index in [0.717, 1.165) is 32.1 Å². The maximum atomic E-state index is 12.2. The van der Waals surface area contributed by atoms with Crippen LogP contribution in [0.15, 0.2) is 28.2 Å². The highest BCUT2D eigenvalue weighted by molar-refractivity contribution is 5.95. The molecule has 2 saturated carbocycles. The Hall–Kier alpha value is -2.57. The molecule has 25 heavy (non-hydrogen) atoms. The van der Waals surface area contributed by atoms with Crippen LogP contribution in [0, 0.1) is 5.92 Å². The standard InChI is InChI=1S/C18H23N3O4/c1-18(12-5-6-12,21-15(22)9-11-3-2-4-11)10-20-17(24)14-8-7-13(25-14)16(19)23/h7-9,12H,2-6,10H2,1H3,(H2,19,23)(H,20,24)(H,21,22). The van der Waals surface area contributed by atoms with Gasteiger partial charge >= 0.3 is 0 Å². The van der Waals surface area contributed by atoms with Crippen LogP contribution < -0.4 is 16.4 Å². The molecule has 0 aromatic carbocycles. The van der Waals surface area contributed by atoms with Crippen LogP contribution in [0.2, 0.25) is 0 Å². The van der Waals surface area contributed by atoms with Gasteiger partial charge in [0.05, 0.1) is 5.54 Å². The van der Waals surface area contributed by atoms with Gasteiger partial charge in [-0.05, 0) is 57.1 Å². The molecule has 0 aliphatic heterocycles. The van der Waals surface area contributed by atoms with Crippen LogP contribution >= 0.6 is 0 Å². The van der Waals surface area contributed by atoms with Crippen molar-refractivity contribution in [2.45, 2.75) is 44.6 Å². The largest absolute Gasteiger partial charge is 0.446 e. The minimum Gasteiger partial charge on any atom is -0.446 e. The van der Waals surface area contributed by atoms with Gasteiger partial charge in [0.2, 0.25) is 5.91 Å². The Kier molecular flexibility index (Phi) is 4.65. The molecule has 0 spiro atoms. The first kappa shape index (κ1) is 17.3. The van der Waals surface area contributed by atoms with E-state index in [9.17, 15) is 14.4 Å². The number of carbonyl (C=O) groups is 3. The van der Waals surface area contributed by atoms with Gasteiger partial charge in [0, 0.05) is 12.6 Å². The number of primary amides is 1. The molecule has 1 aromatic heterocycles. The summed E-state index contributed by atoms with van der Waals surface area (Å²) in [5.74, 6) is -0.962. The van der Waals surface area contributed by atoms with Crippen LogP contribution in [0.5, 0.6) is 0 Å². The second-order valence-electron chi connectivity index (χ2n) is 7.05. The fraction of sp³-hybridized carbons (Fsp3) is 0.500. The third kappa shape index (κ3) is 4.10. The van der Waals surface area contributed by atoms with Gasteiger partial charge in [0.1, 0.15) is 0 Å². The van der Waals surface area contributed by atoms with Gasteiger partial charge in [-0.25, -0.2) is 0 Å². The summed E-state index contributed by atoms with van der Waals surface area (Å²) in [4.78, 5) is 35.5. The van der Waals surface area contributed by atoms with Crippen molar-refractivity contribution in [1.82, 2.24) is 10.6 Å². The Morgan fingerprint density at radius 1 is 1.28 bits per heavy atom. The zero-order valence-electron chi connectivity index (χ0n) is 14.3. The van der Waals surface area contributed by atoms with Crippen LogP contribution in [0.1, 0.15) is 60.1 Å². The Morgan fingerprint density at radius 2 is 1.96 bits per heavy atom. The molecule has 4 N–H and O–H groups in total. The Balaban J connectivity index is 1.60. The molecule has 7 heteroatoms. The summed E-state index contributed by atoms with van der Waals surface area (Å²) in [5, 5.41) is 5.83. The highest BCUT2D eigenvalue weighted by atomic mass is 16.4. The van der Waals surface area contributed by atoms with Gasteiger partial charge in [-0.1, -0.05) is 5.57 Å². The zero-order valence-corrected chi connectivity index (χ0v) is 14.3. The number of furan rings is 1. The zero-order chi connectivity index (χ0) is 18.0. The van der Waals surface area contributed by atoms with Gasteiger partial charge in [0.15, 0.2) is 11.5 Å². The molecule has 2 fully saturated rings. The Bertz CT molecular complexity index is 726. The highest BCUT2D eigenvalue weighted by Gasteiger charge is 2.42. The minimum atomic E-state index is -0.724. The molecule has 3 rings (SSSR count). The number of carbonyl (C=O) groups excluding carboxylic acids is 3. The van der Waals surface area contributed by atoms with E-state index >= 15 is 0 Å². The summed E-state index contributed by atoms with van der Waals surface area (Å²) in [6, 6.07) is 2.77. The number of amides is 3. The molecule has 1 unspecified atom stereocenters. The van der Waals surface area contributed by atoms with Crippen LogP contribution in [0.4, 0.5) is 0 Å². The molecule has 2 aliphatic carbocycles. The number of rotatable bonds is 7. The molecular weight excluding hydrogens is 322 g/mol. The van der Waals surface area contributed by atoms with E-state index in [2.05, 4.69) is 10.6 Å². The number of hydrogen-bond donors (Lipinski definition) is 3. The van der Waals surface area contributed by atoms with Gasteiger partial charge in [0.25, 0.3) is 11.8 Å². The number of hydrogen-bond acceptors (Lipinski definition) is 4. The van der Waals surface area contributed by atoms with Crippen molar-refractivity contribution in [2.75, 3.05) is 6.54 Å². The molecular formula is C18H23N3O4. The predicted octanol–water partition coefficient (Wildman–Crippen LogP) is 1.50. The summed E-state index contributed by atoms with van der Waals surface area (Å²) < 4.78 is 5.12. The first-order valence-electron chi connectivity index (χ1n) is 8.57. The molecule has 7 nitrogen and oxygen atoms in total. The van der Waals surface area contributed by atoms with Crippen molar-refractivity contribution in [2.24, 2.45) is 11.7 Å². The maximum Gasteiger partial charge on any atom is 0.287 e. The highest BCUT2D eigenvalue weighted by Crippen LogP contribution is 2.39. The van der Waals surface area contributed by atoms with Gasteiger partial charge < -0.3 is 20.8 Å². The van der Waals surface area contributed by atoms with E-state index < -0.39 is 17.4 Å². The Morgan fingerprint density at radius 3 is 2.48 bits per heavy atom. The van der Waals surface area contributed by atoms with E-state index in [-0.39, 0.29) is 24.0 Å². The molecule has 0 saturated heterocycles. The van der Waals surface area contributed by atoms with Crippen molar-refractivity contribution >= 4 is 17.7 Å². The molecule has 1 heterocycles. The van der Waals surface area contributed by atoms with Gasteiger partial charge in [-0.2, -0.15) is 0 Å². The lowest BCUT2D eigenvalue weighted by molar-refractivity contribution is -0.118. The van der Waals surface area contributed by atoms with Crippen molar-refractivity contribution in [3.8, 4) is 0 Å². The number of nitrogens with two attached hydrogens (primary N) is 1. The van der Waals surface area contributed by atoms with E-state index in [1.165, 1.54) is 17.7 Å². The quantitative estimate of drug-likeness (QED) is 0.650. The van der Waals surface area contributed by atoms with E-state index in [1.807, 2.05) is 6.92 Å². The monoisotopic (exact) mass is 345 g/mol. The van der Waals surface area contributed by atoms with E-state index in [0.29, 0.717) is 5.92 Å². The average Bonchev–Trinajstić information content (AvgIpc) is 3.26. The van der Waals surface area contributed by atoms with E-state index in [4.69, 9.17) is 10.2 Å². The van der Waals surface area contributed by atoms with E-state index in [1.54, 1.807) is 6.08 Å². The molecule has 0 bridgehead atoms.